The highest BCUT2D eigenvalue weighted by Crippen LogP contribution is 2.18. The number of hydrogen-bond donors (Lipinski definition) is 2. The van der Waals surface area contributed by atoms with Crippen LogP contribution in [0.4, 0.5) is 5.69 Å². The van der Waals surface area contributed by atoms with Crippen LogP contribution >= 0.6 is 11.3 Å². The van der Waals surface area contributed by atoms with Crippen molar-refractivity contribution in [1.82, 2.24) is 4.98 Å². The molecule has 3 N–H and O–H groups in total. The lowest BCUT2D eigenvalue weighted by molar-refractivity contribution is 0.102. The van der Waals surface area contributed by atoms with Crippen LogP contribution < -0.4 is 15.8 Å². The van der Waals surface area contributed by atoms with Gasteiger partial charge in [-0.3, -0.25) is 4.79 Å². The number of thiazole rings is 1. The quantitative estimate of drug-likeness (QED) is 0.774. The predicted octanol–water partition coefficient (Wildman–Crippen LogP) is 1.28. The lowest BCUT2D eigenvalue weighted by atomic mass is 10.3. The number of anilines is 1. The highest BCUT2D eigenvalue weighted by Gasteiger charge is 2.11. The fourth-order valence-electron chi connectivity index (χ4n) is 1.68. The first-order valence-electron chi connectivity index (χ1n) is 6.74. The molecule has 0 aliphatic heterocycles. The fraction of sp³-hybridized carbons (Fsp3) is 0.286. The number of hydrogen-bond acceptors (Lipinski definition) is 7. The maximum atomic E-state index is 12.1. The second-order valence-electron chi connectivity index (χ2n) is 4.79. The average molecular weight is 355 g/mol. The molecule has 1 aromatic heterocycles. The third kappa shape index (κ3) is 5.62. The smallest absolute Gasteiger partial charge is 0.275 e. The first-order valence-corrected chi connectivity index (χ1v) is 9.68. The van der Waals surface area contributed by atoms with Crippen LogP contribution in [0, 0.1) is 0 Å². The van der Waals surface area contributed by atoms with E-state index in [1.165, 1.54) is 11.3 Å². The molecule has 0 spiro atoms. The molecular formula is C14H17N3O4S2. The number of carbonyl (C=O) groups is 1. The zero-order valence-corrected chi connectivity index (χ0v) is 14.1. The summed E-state index contributed by atoms with van der Waals surface area (Å²) < 4.78 is 27.5. The maximum absolute atomic E-state index is 12.1. The topological polar surface area (TPSA) is 111 Å². The van der Waals surface area contributed by atoms with Gasteiger partial charge in [-0.2, -0.15) is 0 Å². The van der Waals surface area contributed by atoms with E-state index in [-0.39, 0.29) is 18.3 Å². The number of aromatic nitrogens is 1. The van der Waals surface area contributed by atoms with Gasteiger partial charge in [0, 0.05) is 29.9 Å². The van der Waals surface area contributed by atoms with Crippen molar-refractivity contribution in [2.24, 2.45) is 5.73 Å². The summed E-state index contributed by atoms with van der Waals surface area (Å²) in [5, 5.41) is 5.04. The molecule has 1 aromatic carbocycles. The van der Waals surface area contributed by atoms with E-state index in [1.807, 2.05) is 0 Å². The van der Waals surface area contributed by atoms with Crippen LogP contribution in [-0.2, 0) is 16.4 Å². The van der Waals surface area contributed by atoms with Gasteiger partial charge < -0.3 is 15.8 Å². The molecule has 0 unspecified atom stereocenters. The Hall–Kier alpha value is -1.97. The molecule has 0 fully saturated rings. The number of carbonyl (C=O) groups excluding carboxylic acids is 1. The molecule has 2 rings (SSSR count). The number of sulfone groups is 1. The number of nitrogens with two attached hydrogens (primary N) is 1. The van der Waals surface area contributed by atoms with Crippen molar-refractivity contribution in [1.29, 1.82) is 0 Å². The second-order valence-corrected chi connectivity index (χ2v) is 7.99. The number of nitrogens with one attached hydrogen (secondary N) is 1. The first-order chi connectivity index (χ1) is 10.9. The number of ether oxygens (including phenoxy) is 1. The van der Waals surface area contributed by atoms with E-state index in [0.717, 1.165) is 6.26 Å². The molecule has 7 nitrogen and oxygen atoms in total. The molecular weight excluding hydrogens is 338 g/mol. The molecule has 0 radical (unpaired) electrons. The molecule has 0 aliphatic carbocycles. The lowest BCUT2D eigenvalue weighted by Gasteiger charge is -2.08. The van der Waals surface area contributed by atoms with Crippen molar-refractivity contribution in [3.8, 4) is 5.75 Å². The Morgan fingerprint density at radius 2 is 2.22 bits per heavy atom. The molecule has 23 heavy (non-hydrogen) atoms. The van der Waals surface area contributed by atoms with Gasteiger partial charge in [-0.15, -0.1) is 11.3 Å². The molecule has 0 saturated heterocycles. The molecule has 0 aliphatic rings. The summed E-state index contributed by atoms with van der Waals surface area (Å²) in [6, 6.07) is 6.72. The number of rotatable bonds is 7. The monoisotopic (exact) mass is 355 g/mol. The predicted molar refractivity (Wildman–Crippen MR) is 89.6 cm³/mol. The highest BCUT2D eigenvalue weighted by atomic mass is 32.2. The highest BCUT2D eigenvalue weighted by molar-refractivity contribution is 7.90. The third-order valence-corrected chi connectivity index (χ3v) is 4.55. The van der Waals surface area contributed by atoms with E-state index in [1.54, 1.807) is 29.6 Å². The van der Waals surface area contributed by atoms with Crippen LogP contribution in [0.1, 0.15) is 15.5 Å². The van der Waals surface area contributed by atoms with Gasteiger partial charge in [-0.05, 0) is 12.1 Å². The van der Waals surface area contributed by atoms with E-state index in [2.05, 4.69) is 10.3 Å². The average Bonchev–Trinajstić information content (AvgIpc) is 2.95. The Morgan fingerprint density at radius 3 is 2.87 bits per heavy atom. The molecule has 1 heterocycles. The van der Waals surface area contributed by atoms with Gasteiger partial charge in [-0.1, -0.05) is 6.07 Å². The third-order valence-electron chi connectivity index (χ3n) is 2.77. The summed E-state index contributed by atoms with van der Waals surface area (Å²) in [4.78, 5) is 16.2. The number of amides is 1. The SMILES string of the molecule is CS(=O)(=O)CCOc1cccc(NC(=O)c2csc(CN)n2)c1. The van der Waals surface area contributed by atoms with E-state index >= 15 is 0 Å². The van der Waals surface area contributed by atoms with Gasteiger partial charge in [0.15, 0.2) is 9.84 Å². The van der Waals surface area contributed by atoms with Crippen molar-refractivity contribution in [2.75, 3.05) is 23.9 Å². The summed E-state index contributed by atoms with van der Waals surface area (Å²) in [5.41, 5.74) is 6.31. The summed E-state index contributed by atoms with van der Waals surface area (Å²) >= 11 is 1.33. The normalized spacial score (nSPS) is 11.2. The van der Waals surface area contributed by atoms with Gasteiger partial charge in [0.1, 0.15) is 23.1 Å². The summed E-state index contributed by atoms with van der Waals surface area (Å²) in [7, 11) is -3.07. The Morgan fingerprint density at radius 1 is 1.43 bits per heavy atom. The summed E-state index contributed by atoms with van der Waals surface area (Å²) in [6.45, 7) is 0.351. The van der Waals surface area contributed by atoms with Gasteiger partial charge in [0.05, 0.1) is 5.75 Å². The summed E-state index contributed by atoms with van der Waals surface area (Å²) in [6.07, 6.45) is 1.15. The maximum Gasteiger partial charge on any atom is 0.275 e. The zero-order chi connectivity index (χ0) is 16.9. The van der Waals surface area contributed by atoms with Crippen LogP contribution in [0.3, 0.4) is 0 Å². The van der Waals surface area contributed by atoms with Crippen LogP contribution in [0.2, 0.25) is 0 Å². The van der Waals surface area contributed by atoms with Crippen molar-refractivity contribution in [2.45, 2.75) is 6.54 Å². The molecule has 1 amide bonds. The molecule has 9 heteroatoms. The first kappa shape index (κ1) is 17.4. The van der Waals surface area contributed by atoms with E-state index in [4.69, 9.17) is 10.5 Å². The van der Waals surface area contributed by atoms with Gasteiger partial charge in [-0.25, -0.2) is 13.4 Å². The van der Waals surface area contributed by atoms with Crippen molar-refractivity contribution >= 4 is 32.8 Å². The lowest BCUT2D eigenvalue weighted by Crippen LogP contribution is -2.14. The Balaban J connectivity index is 1.97. The fourth-order valence-corrected chi connectivity index (χ4v) is 2.72. The molecule has 0 bridgehead atoms. The van der Waals surface area contributed by atoms with E-state index in [9.17, 15) is 13.2 Å². The minimum atomic E-state index is -3.07. The van der Waals surface area contributed by atoms with Gasteiger partial charge >= 0.3 is 0 Å². The molecule has 0 saturated carbocycles. The van der Waals surface area contributed by atoms with Crippen LogP contribution in [0.25, 0.3) is 0 Å². The minimum Gasteiger partial charge on any atom is -0.492 e. The van der Waals surface area contributed by atoms with E-state index in [0.29, 0.717) is 28.7 Å². The minimum absolute atomic E-state index is 0.0577. The number of nitrogens with zero attached hydrogens (tertiary/aromatic N) is 1. The Labute approximate surface area is 138 Å². The molecule has 124 valence electrons. The number of benzene rings is 1. The Bertz CT molecular complexity index is 787. The molecule has 0 atom stereocenters. The van der Waals surface area contributed by atoms with Crippen LogP contribution in [0.5, 0.6) is 5.75 Å². The zero-order valence-electron chi connectivity index (χ0n) is 12.5. The van der Waals surface area contributed by atoms with E-state index < -0.39 is 9.84 Å². The van der Waals surface area contributed by atoms with Gasteiger partial charge in [0.2, 0.25) is 0 Å². The van der Waals surface area contributed by atoms with Crippen LogP contribution in [0.15, 0.2) is 29.6 Å². The standard InChI is InChI=1S/C14H17N3O4S2/c1-23(19,20)6-5-21-11-4-2-3-10(7-11)16-14(18)12-9-22-13(8-15)17-12/h2-4,7,9H,5-6,8,15H2,1H3,(H,16,18). The largest absolute Gasteiger partial charge is 0.492 e. The van der Waals surface area contributed by atoms with Crippen LogP contribution in [-0.4, -0.2) is 37.9 Å². The van der Waals surface area contributed by atoms with Crippen molar-refractivity contribution < 1.29 is 17.9 Å². The van der Waals surface area contributed by atoms with Crippen molar-refractivity contribution in [3.05, 3.63) is 40.3 Å². The second kappa shape index (κ2) is 7.53. The van der Waals surface area contributed by atoms with Crippen molar-refractivity contribution in [3.63, 3.8) is 0 Å². The van der Waals surface area contributed by atoms with Gasteiger partial charge in [0.25, 0.3) is 5.91 Å². The summed E-state index contributed by atoms with van der Waals surface area (Å²) in [5.74, 6) is 0.0752. The Kier molecular flexibility index (Phi) is 5.69. The molecule has 2 aromatic rings.